The minimum atomic E-state index is -0.650. The van der Waals surface area contributed by atoms with Crippen molar-refractivity contribution >= 4 is 63.3 Å². The molecule has 8 heterocycles. The van der Waals surface area contributed by atoms with Crippen molar-refractivity contribution in [3.63, 3.8) is 0 Å². The highest BCUT2D eigenvalue weighted by Gasteiger charge is 2.34. The Morgan fingerprint density at radius 2 is 0.980 bits per heavy atom. The summed E-state index contributed by atoms with van der Waals surface area (Å²) in [4.78, 5) is 84.6. The molecule has 3 aliphatic heterocycles. The number of piperidine rings is 2. The number of nitrogens with two attached hydrogens (primary N) is 4. The van der Waals surface area contributed by atoms with Crippen molar-refractivity contribution in [2.24, 2.45) is 5.73 Å². The SMILES string of the molecule is C=CC(=O)N1CCC[C@@H](n2nc(-c3ccc(Oc4ccccc4)cc3)c(C(N)=O)c2N)C1.C=CC(=O)N1CCC[C@@H](n2nc(-c3ccc(Oc4ccccc4)cc3)c3c(N)ncnc32)C1.CC#CC(=O)N1CC[C@@H](n2c(=O)n(-c3ccc(Oc4ccccc4)cc3)c3c(N)ncnc32)C1. The number of nitrogen functional groups attached to an aromatic ring is 3. The maximum Gasteiger partial charge on any atom is 0.335 e. The molecule has 4 amide bonds. The molecule has 11 aromatic rings. The van der Waals surface area contributed by atoms with Crippen LogP contribution in [0.25, 0.3) is 50.4 Å². The van der Waals surface area contributed by atoms with E-state index in [1.807, 2.05) is 132 Å². The minimum Gasteiger partial charge on any atom is -0.457 e. The summed E-state index contributed by atoms with van der Waals surface area (Å²) in [5.41, 5.74) is 29.1. The van der Waals surface area contributed by atoms with E-state index in [-0.39, 0.29) is 58.7 Å². The van der Waals surface area contributed by atoms with Gasteiger partial charge in [0.1, 0.15) is 81.3 Å². The van der Waals surface area contributed by atoms with E-state index in [4.69, 9.17) is 42.2 Å². The first-order valence-corrected chi connectivity index (χ1v) is 32.1. The second-order valence-electron chi connectivity index (χ2n) is 23.5. The van der Waals surface area contributed by atoms with Crippen molar-refractivity contribution in [1.82, 2.24) is 63.3 Å². The van der Waals surface area contributed by atoms with Crippen LogP contribution in [0.5, 0.6) is 34.5 Å². The maximum atomic E-state index is 13.6. The monoisotopic (exact) mass is 1330 g/mol. The number of rotatable bonds is 15. The first-order chi connectivity index (χ1) is 48.2. The Balaban J connectivity index is 0.000000141. The van der Waals surface area contributed by atoms with Crippen molar-refractivity contribution in [2.45, 2.75) is 57.2 Å². The van der Waals surface area contributed by atoms with Gasteiger partial charge in [-0.05, 0) is 166 Å². The van der Waals surface area contributed by atoms with Crippen LogP contribution in [-0.2, 0) is 14.4 Å². The van der Waals surface area contributed by atoms with Crippen LogP contribution in [0.15, 0.2) is 207 Å². The highest BCUT2D eigenvalue weighted by Crippen LogP contribution is 2.37. The van der Waals surface area contributed by atoms with Crippen LogP contribution < -0.4 is 42.8 Å². The number of benzene rings is 6. The molecule has 0 bridgehead atoms. The number of hydrogen-bond donors (Lipinski definition) is 4. The Morgan fingerprint density at radius 1 is 0.525 bits per heavy atom. The molecule has 0 spiro atoms. The van der Waals surface area contributed by atoms with Gasteiger partial charge in [-0.25, -0.2) is 34.1 Å². The lowest BCUT2D eigenvalue weighted by Crippen LogP contribution is -2.40. The third kappa shape index (κ3) is 14.6. The number of imidazole rings is 1. The van der Waals surface area contributed by atoms with Gasteiger partial charge in [-0.2, -0.15) is 10.2 Å². The Labute approximate surface area is 569 Å². The topological polar surface area (TPSA) is 324 Å². The molecule has 3 fully saturated rings. The Hall–Kier alpha value is -12.9. The largest absolute Gasteiger partial charge is 0.457 e. The van der Waals surface area contributed by atoms with Crippen molar-refractivity contribution in [1.29, 1.82) is 0 Å². The van der Waals surface area contributed by atoms with Crippen LogP contribution in [0.3, 0.4) is 0 Å². The van der Waals surface area contributed by atoms with Crippen LogP contribution in [0.2, 0.25) is 0 Å². The molecule has 0 radical (unpaired) electrons. The number of nitrogens with zero attached hydrogens (tertiary/aromatic N) is 13. The summed E-state index contributed by atoms with van der Waals surface area (Å²) in [5, 5.41) is 10.3. The number of aromatic nitrogens is 10. The number of amides is 4. The fraction of sp³-hybridized carbons (Fsp3) is 0.203. The van der Waals surface area contributed by atoms with Crippen molar-refractivity contribution in [2.75, 3.05) is 56.5 Å². The van der Waals surface area contributed by atoms with E-state index < -0.39 is 5.91 Å². The molecule has 5 aromatic heterocycles. The predicted molar refractivity (Wildman–Crippen MR) is 377 cm³/mol. The third-order valence-corrected chi connectivity index (χ3v) is 17.2. The van der Waals surface area contributed by atoms with Gasteiger partial charge >= 0.3 is 5.69 Å². The molecule has 0 unspecified atom stereocenters. The van der Waals surface area contributed by atoms with Crippen LogP contribution in [0.4, 0.5) is 17.5 Å². The Morgan fingerprint density at radius 3 is 1.48 bits per heavy atom. The molecule has 14 rings (SSSR count). The molecule has 25 nitrogen and oxygen atoms in total. The van der Waals surface area contributed by atoms with Gasteiger partial charge in [0.05, 0.1) is 29.2 Å². The second kappa shape index (κ2) is 29.8. The van der Waals surface area contributed by atoms with E-state index in [1.54, 1.807) is 67.3 Å². The van der Waals surface area contributed by atoms with Gasteiger partial charge in [0.15, 0.2) is 17.1 Å². The van der Waals surface area contributed by atoms with Gasteiger partial charge in [-0.3, -0.25) is 28.3 Å². The predicted octanol–water partition coefficient (Wildman–Crippen LogP) is 10.3. The fourth-order valence-electron chi connectivity index (χ4n) is 12.4. The first kappa shape index (κ1) is 66.2. The van der Waals surface area contributed by atoms with E-state index in [0.29, 0.717) is 108 Å². The number of para-hydroxylation sites is 3. The van der Waals surface area contributed by atoms with E-state index >= 15 is 0 Å². The highest BCUT2D eigenvalue weighted by atomic mass is 16.5. The molecule has 3 aliphatic rings. The van der Waals surface area contributed by atoms with E-state index in [0.717, 1.165) is 54.2 Å². The van der Waals surface area contributed by atoms with E-state index in [2.05, 4.69) is 50.0 Å². The summed E-state index contributed by atoms with van der Waals surface area (Å²) in [5.74, 6) is 9.10. The molecule has 6 aromatic carbocycles. The zero-order chi connectivity index (χ0) is 69.1. The van der Waals surface area contributed by atoms with E-state index in [9.17, 15) is 24.0 Å². The van der Waals surface area contributed by atoms with Gasteiger partial charge in [-0.15, -0.1) is 0 Å². The first-order valence-electron chi connectivity index (χ1n) is 32.1. The zero-order valence-corrected chi connectivity index (χ0v) is 54.2. The van der Waals surface area contributed by atoms with Gasteiger partial charge in [0.2, 0.25) is 11.8 Å². The summed E-state index contributed by atoms with van der Waals surface area (Å²) in [7, 11) is 0. The van der Waals surface area contributed by atoms with Gasteiger partial charge < -0.3 is 51.8 Å². The Bertz CT molecular complexity index is 4890. The quantitative estimate of drug-likeness (QED) is 0.0547. The number of primary amides is 1. The number of likely N-dealkylation sites (tertiary alicyclic amines) is 3. The summed E-state index contributed by atoms with van der Waals surface area (Å²) in [6.45, 7) is 12.0. The number of fused-ring (bicyclic) bond motifs is 2. The average Bonchev–Trinajstić information content (AvgIpc) is 1.60. The van der Waals surface area contributed by atoms with Crippen molar-refractivity contribution in [3.05, 3.63) is 218 Å². The molecule has 500 valence electrons. The number of anilines is 3. The lowest BCUT2D eigenvalue weighted by Gasteiger charge is -2.32. The lowest BCUT2D eigenvalue weighted by molar-refractivity contribution is -0.128. The molecule has 99 heavy (non-hydrogen) atoms. The van der Waals surface area contributed by atoms with Gasteiger partial charge in [0.25, 0.3) is 11.8 Å². The normalized spacial score (nSPS) is 15.7. The van der Waals surface area contributed by atoms with Crippen LogP contribution in [0.1, 0.15) is 67.5 Å². The molecule has 3 saturated heterocycles. The number of hydrogen-bond acceptors (Lipinski definition) is 17. The molecular weight excluding hydrogens is 1250 g/mol. The standard InChI is InChI=1S/C25H22N6O3.C25H24N6O2.C24H25N5O3/c1-2-6-21(32)29-14-13-18(15-29)31-24-22(23(26)27-16-28-24)30(25(31)33)17-9-11-20(12-10-17)34-19-7-4-3-5-8-19;1-2-21(32)30-14-6-7-18(15-30)31-25-22(24(26)27-16-28-25)23(29-31)17-10-12-20(13-11-17)33-19-8-4-3-5-9-19;1-2-20(30)28-14-6-7-17(15-28)29-23(25)21(24(26)31)22(27-29)16-10-12-19(13-11-16)32-18-8-4-3-5-9-18/h3-5,7-12,16,18H,13-15H2,1H3,(H2,26,27,28);2-5,8-13,16,18H,1,6-7,14-15H2,(H2,26,27,28);2-5,8-13,17H,1,6-7,14-15,25H2,(H2,26,31)/t2*18-;17-/m111/s1. The molecule has 0 saturated carbocycles. The van der Waals surface area contributed by atoms with Crippen molar-refractivity contribution in [3.8, 4) is 74.5 Å². The molecule has 8 N–H and O–H groups in total. The summed E-state index contributed by atoms with van der Waals surface area (Å²) in [6, 6.07) is 50.2. The molecule has 3 atom stereocenters. The van der Waals surface area contributed by atoms with Gasteiger partial charge in [-0.1, -0.05) is 73.7 Å². The van der Waals surface area contributed by atoms with Crippen LogP contribution in [-0.4, -0.2) is 126 Å². The highest BCUT2D eigenvalue weighted by molar-refractivity contribution is 6.03. The molecular formula is C74H71N17O8. The lowest BCUT2D eigenvalue weighted by atomic mass is 10.1. The number of carbonyl (C=O) groups is 4. The maximum absolute atomic E-state index is 13.6. The summed E-state index contributed by atoms with van der Waals surface area (Å²) >= 11 is 0. The number of carbonyl (C=O) groups excluding carboxylic acids is 4. The van der Waals surface area contributed by atoms with Crippen LogP contribution in [0, 0.1) is 11.8 Å². The average molecular weight is 1330 g/mol. The third-order valence-electron chi connectivity index (χ3n) is 17.2. The van der Waals surface area contributed by atoms with Crippen molar-refractivity contribution < 1.29 is 33.4 Å². The fourth-order valence-corrected chi connectivity index (χ4v) is 12.4. The van der Waals surface area contributed by atoms with E-state index in [1.165, 1.54) is 29.4 Å². The smallest absolute Gasteiger partial charge is 0.335 e. The zero-order valence-electron chi connectivity index (χ0n) is 54.2. The minimum absolute atomic E-state index is 0.00566. The number of ether oxygens (including phenoxy) is 3. The molecule has 25 heteroatoms. The van der Waals surface area contributed by atoms with Crippen LogP contribution >= 0.6 is 0 Å². The van der Waals surface area contributed by atoms with Gasteiger partial charge in [0, 0.05) is 50.4 Å². The second-order valence-corrected chi connectivity index (χ2v) is 23.5. The Kier molecular flexibility index (Phi) is 19.9. The summed E-state index contributed by atoms with van der Waals surface area (Å²) in [6.07, 6.45) is 9.43. The molecule has 0 aliphatic carbocycles. The summed E-state index contributed by atoms with van der Waals surface area (Å²) < 4.78 is 24.2.